The zero-order valence-electron chi connectivity index (χ0n) is 17.4. The molecule has 0 aromatic heterocycles. The molecule has 4 atom stereocenters. The minimum atomic E-state index is -0.897. The Hall–Kier alpha value is -3.53. The van der Waals surface area contributed by atoms with Crippen LogP contribution in [-0.2, 0) is 16.0 Å². The van der Waals surface area contributed by atoms with Gasteiger partial charge in [0.05, 0.1) is 17.5 Å². The minimum absolute atomic E-state index is 0.120. The van der Waals surface area contributed by atoms with E-state index in [1.165, 1.54) is 0 Å². The Kier molecular flexibility index (Phi) is 4.40. The highest BCUT2D eigenvalue weighted by Crippen LogP contribution is 2.53. The first kappa shape index (κ1) is 19.4. The maximum absolute atomic E-state index is 13.8. The number of ether oxygens (including phenoxy) is 2. The average Bonchev–Trinajstić information content (AvgIpc) is 3.38. The Morgan fingerprint density at radius 2 is 1.84 bits per heavy atom. The number of likely N-dealkylation sites (N-methyl/N-ethyl adjacent to an activating group) is 1. The SMILES string of the molecule is CN1C(=O)C2C[C@](C)(C#N)C(c3ccc4c(c3)OCO4)N2C(=O)C1Cc1ccccc1. The van der Waals surface area contributed by atoms with Crippen LogP contribution in [0.1, 0.15) is 30.5 Å². The molecule has 7 nitrogen and oxygen atoms in total. The molecule has 31 heavy (non-hydrogen) atoms. The van der Waals surface area contributed by atoms with Crippen LogP contribution >= 0.6 is 0 Å². The Balaban J connectivity index is 1.56. The van der Waals surface area contributed by atoms with E-state index in [9.17, 15) is 14.9 Å². The quantitative estimate of drug-likeness (QED) is 0.767. The van der Waals surface area contributed by atoms with Gasteiger partial charge in [-0.15, -0.1) is 0 Å². The second kappa shape index (κ2) is 7.02. The Morgan fingerprint density at radius 1 is 1.10 bits per heavy atom. The van der Waals surface area contributed by atoms with Gasteiger partial charge in [0, 0.05) is 13.5 Å². The Labute approximate surface area is 180 Å². The van der Waals surface area contributed by atoms with Crippen molar-refractivity contribution >= 4 is 11.8 Å². The molecule has 5 rings (SSSR count). The first-order valence-corrected chi connectivity index (χ1v) is 10.4. The molecule has 2 fully saturated rings. The molecule has 2 aromatic rings. The van der Waals surface area contributed by atoms with Gasteiger partial charge in [-0.2, -0.15) is 5.26 Å². The van der Waals surface area contributed by atoms with Gasteiger partial charge < -0.3 is 19.3 Å². The molecule has 2 amide bonds. The van der Waals surface area contributed by atoms with Crippen LogP contribution in [0.4, 0.5) is 0 Å². The first-order chi connectivity index (χ1) is 14.9. The molecule has 3 aliphatic heterocycles. The van der Waals surface area contributed by atoms with Crippen molar-refractivity contribution in [2.45, 2.75) is 37.9 Å². The van der Waals surface area contributed by atoms with Crippen molar-refractivity contribution in [1.29, 1.82) is 5.26 Å². The van der Waals surface area contributed by atoms with Gasteiger partial charge in [-0.05, 0) is 36.6 Å². The Morgan fingerprint density at radius 3 is 2.58 bits per heavy atom. The predicted octanol–water partition coefficient (Wildman–Crippen LogP) is 2.67. The fourth-order valence-corrected chi connectivity index (χ4v) is 5.09. The van der Waals surface area contributed by atoms with Crippen LogP contribution in [0.25, 0.3) is 0 Å². The van der Waals surface area contributed by atoms with Gasteiger partial charge in [-0.3, -0.25) is 9.59 Å². The molecule has 7 heteroatoms. The summed E-state index contributed by atoms with van der Waals surface area (Å²) in [7, 11) is 1.68. The lowest BCUT2D eigenvalue weighted by Crippen LogP contribution is -2.62. The number of hydrogen-bond acceptors (Lipinski definition) is 5. The van der Waals surface area contributed by atoms with Crippen molar-refractivity contribution in [3.05, 3.63) is 59.7 Å². The van der Waals surface area contributed by atoms with Gasteiger partial charge in [-0.25, -0.2) is 0 Å². The molecule has 0 saturated carbocycles. The summed E-state index contributed by atoms with van der Waals surface area (Å²) in [5.74, 6) is 0.984. The zero-order valence-corrected chi connectivity index (χ0v) is 17.4. The molecular weight excluding hydrogens is 394 g/mol. The van der Waals surface area contributed by atoms with E-state index in [1.807, 2.05) is 49.4 Å². The van der Waals surface area contributed by atoms with E-state index in [2.05, 4.69) is 6.07 Å². The number of rotatable bonds is 3. The summed E-state index contributed by atoms with van der Waals surface area (Å²) in [6.45, 7) is 1.97. The molecule has 158 valence electrons. The molecule has 0 spiro atoms. The van der Waals surface area contributed by atoms with Crippen molar-refractivity contribution in [3.8, 4) is 17.6 Å². The lowest BCUT2D eigenvalue weighted by molar-refractivity contribution is -0.160. The van der Waals surface area contributed by atoms with E-state index >= 15 is 0 Å². The number of carbonyl (C=O) groups excluding carboxylic acids is 2. The standard InChI is InChI=1S/C24H23N3O4/c1-24(13-25)12-18-22(28)26(2)17(10-15-6-4-3-5-7-15)23(29)27(18)21(24)16-8-9-19-20(11-16)31-14-30-19/h3-9,11,17-18,21H,10,12,14H2,1-2H3/t17?,18?,21?,24-/m1/s1. The molecule has 0 bridgehead atoms. The van der Waals surface area contributed by atoms with Gasteiger partial charge in [-0.1, -0.05) is 36.4 Å². The highest BCUT2D eigenvalue weighted by atomic mass is 16.7. The molecule has 3 unspecified atom stereocenters. The van der Waals surface area contributed by atoms with Crippen LogP contribution in [0.15, 0.2) is 48.5 Å². The zero-order chi connectivity index (χ0) is 21.8. The number of piperazine rings is 1. The fraction of sp³-hybridized carbons (Fsp3) is 0.375. The largest absolute Gasteiger partial charge is 0.454 e. The van der Waals surface area contributed by atoms with Crippen LogP contribution in [0.3, 0.4) is 0 Å². The predicted molar refractivity (Wildman–Crippen MR) is 111 cm³/mol. The fourth-order valence-electron chi connectivity index (χ4n) is 5.09. The van der Waals surface area contributed by atoms with Crippen LogP contribution in [0, 0.1) is 16.7 Å². The lowest BCUT2D eigenvalue weighted by atomic mass is 9.79. The molecule has 3 aliphatic rings. The van der Waals surface area contributed by atoms with Crippen molar-refractivity contribution in [2.75, 3.05) is 13.8 Å². The number of carbonyl (C=O) groups is 2. The summed E-state index contributed by atoms with van der Waals surface area (Å²) in [4.78, 5) is 30.3. The van der Waals surface area contributed by atoms with Crippen molar-refractivity contribution in [1.82, 2.24) is 9.80 Å². The van der Waals surface area contributed by atoms with Crippen molar-refractivity contribution in [2.24, 2.45) is 5.41 Å². The normalized spacial score (nSPS) is 29.1. The topological polar surface area (TPSA) is 82.9 Å². The third-order valence-corrected chi connectivity index (χ3v) is 6.71. The van der Waals surface area contributed by atoms with E-state index in [0.717, 1.165) is 11.1 Å². The minimum Gasteiger partial charge on any atom is -0.454 e. The van der Waals surface area contributed by atoms with Crippen LogP contribution < -0.4 is 9.47 Å². The molecule has 0 N–H and O–H groups in total. The van der Waals surface area contributed by atoms with Crippen LogP contribution in [-0.4, -0.2) is 47.5 Å². The smallest absolute Gasteiger partial charge is 0.246 e. The van der Waals surface area contributed by atoms with E-state index in [1.54, 1.807) is 22.9 Å². The summed E-state index contributed by atoms with van der Waals surface area (Å²) >= 11 is 0. The van der Waals surface area contributed by atoms with Gasteiger partial charge >= 0.3 is 0 Å². The highest BCUT2D eigenvalue weighted by molar-refractivity contribution is 5.98. The van der Waals surface area contributed by atoms with Gasteiger partial charge in [0.2, 0.25) is 18.6 Å². The van der Waals surface area contributed by atoms with E-state index in [0.29, 0.717) is 24.3 Å². The van der Waals surface area contributed by atoms with Crippen LogP contribution in [0.2, 0.25) is 0 Å². The maximum Gasteiger partial charge on any atom is 0.246 e. The molecule has 0 aliphatic carbocycles. The number of benzene rings is 2. The van der Waals surface area contributed by atoms with E-state index in [4.69, 9.17) is 9.47 Å². The average molecular weight is 417 g/mol. The number of amides is 2. The third-order valence-electron chi connectivity index (χ3n) is 6.71. The van der Waals surface area contributed by atoms with Gasteiger partial charge in [0.15, 0.2) is 11.5 Å². The molecule has 3 heterocycles. The number of nitriles is 1. The highest BCUT2D eigenvalue weighted by Gasteiger charge is 2.59. The summed E-state index contributed by atoms with van der Waals surface area (Å²) in [5.41, 5.74) is 0.868. The number of fused-ring (bicyclic) bond motifs is 2. The second-order valence-electron chi connectivity index (χ2n) is 8.66. The molecule has 2 saturated heterocycles. The van der Waals surface area contributed by atoms with Crippen LogP contribution in [0.5, 0.6) is 11.5 Å². The van der Waals surface area contributed by atoms with Gasteiger partial charge in [0.1, 0.15) is 12.1 Å². The van der Waals surface area contributed by atoms with Crippen molar-refractivity contribution < 1.29 is 19.1 Å². The first-order valence-electron chi connectivity index (χ1n) is 10.4. The Bertz CT molecular complexity index is 1100. The summed E-state index contributed by atoms with van der Waals surface area (Å²) in [6.07, 6.45) is 0.734. The summed E-state index contributed by atoms with van der Waals surface area (Å²) in [5, 5.41) is 10.1. The molecular formula is C24H23N3O4. The van der Waals surface area contributed by atoms with Gasteiger partial charge in [0.25, 0.3) is 0 Å². The molecule has 2 aromatic carbocycles. The third kappa shape index (κ3) is 2.94. The monoisotopic (exact) mass is 417 g/mol. The van der Waals surface area contributed by atoms with Crippen molar-refractivity contribution in [3.63, 3.8) is 0 Å². The summed E-state index contributed by atoms with van der Waals surface area (Å²) < 4.78 is 10.9. The lowest BCUT2D eigenvalue weighted by Gasteiger charge is -2.43. The van der Waals surface area contributed by atoms with E-state index < -0.39 is 23.5 Å². The second-order valence-corrected chi connectivity index (χ2v) is 8.66. The maximum atomic E-state index is 13.8. The number of hydrogen-bond donors (Lipinski definition) is 0. The van der Waals surface area contributed by atoms with E-state index in [-0.39, 0.29) is 18.6 Å². The number of nitrogens with zero attached hydrogens (tertiary/aromatic N) is 3. The molecule has 0 radical (unpaired) electrons. The summed E-state index contributed by atoms with van der Waals surface area (Å²) in [6, 6.07) is 15.8.